The van der Waals surface area contributed by atoms with E-state index in [-0.39, 0.29) is 5.69 Å². The van der Waals surface area contributed by atoms with E-state index in [1.165, 1.54) is 7.11 Å². The maximum absolute atomic E-state index is 11.9. The Kier molecular flexibility index (Phi) is 5.44. The van der Waals surface area contributed by atoms with Gasteiger partial charge in [-0.1, -0.05) is 40.2 Å². The number of benzene rings is 1. The molecule has 0 atom stereocenters. The molecule has 0 bridgehead atoms. The molecular weight excluding hydrogens is 430 g/mol. The smallest absolute Gasteiger partial charge is 0.356 e. The van der Waals surface area contributed by atoms with E-state index in [9.17, 15) is 4.79 Å². The highest BCUT2D eigenvalue weighted by Gasteiger charge is 2.13. The first-order valence-electron chi connectivity index (χ1n) is 8.89. The number of carbonyl (C=O) groups is 1. The molecule has 0 aliphatic heterocycles. The second kappa shape index (κ2) is 8.32. The summed E-state index contributed by atoms with van der Waals surface area (Å²) in [4.78, 5) is 25.5. The normalized spacial score (nSPS) is 10.6. The lowest BCUT2D eigenvalue weighted by Crippen LogP contribution is -2.05. The second-order valence-electron chi connectivity index (χ2n) is 6.25. The predicted octanol–water partition coefficient (Wildman–Crippen LogP) is 5.42. The van der Waals surface area contributed by atoms with E-state index in [0.29, 0.717) is 11.4 Å². The van der Waals surface area contributed by atoms with E-state index in [2.05, 4.69) is 25.9 Å². The Morgan fingerprint density at radius 1 is 0.793 bits per heavy atom. The fourth-order valence-electron chi connectivity index (χ4n) is 2.91. The summed E-state index contributed by atoms with van der Waals surface area (Å²) < 4.78 is 5.80. The molecule has 0 spiro atoms. The van der Waals surface area contributed by atoms with Crippen molar-refractivity contribution < 1.29 is 9.53 Å². The Bertz CT molecular complexity index is 1160. The summed E-state index contributed by atoms with van der Waals surface area (Å²) in [5.74, 6) is -0.485. The Morgan fingerprint density at radius 2 is 1.52 bits per heavy atom. The number of pyridine rings is 3. The highest BCUT2D eigenvalue weighted by atomic mass is 79.9. The highest BCUT2D eigenvalue weighted by Crippen LogP contribution is 2.29. The second-order valence-corrected chi connectivity index (χ2v) is 7.16. The zero-order valence-corrected chi connectivity index (χ0v) is 17.1. The Balaban J connectivity index is 1.88. The van der Waals surface area contributed by atoms with Crippen molar-refractivity contribution in [1.29, 1.82) is 0 Å². The minimum atomic E-state index is -0.485. The molecule has 0 fully saturated rings. The van der Waals surface area contributed by atoms with Crippen LogP contribution in [0.3, 0.4) is 0 Å². The van der Waals surface area contributed by atoms with Crippen molar-refractivity contribution in [3.63, 3.8) is 0 Å². The van der Waals surface area contributed by atoms with Gasteiger partial charge in [-0.15, -0.1) is 0 Å². The molecule has 0 unspecified atom stereocenters. The van der Waals surface area contributed by atoms with Gasteiger partial charge < -0.3 is 4.74 Å². The molecule has 0 amide bonds. The number of halogens is 1. The van der Waals surface area contributed by atoms with Crippen LogP contribution in [0.15, 0.2) is 83.5 Å². The van der Waals surface area contributed by atoms with Crippen LogP contribution in [0.5, 0.6) is 0 Å². The first kappa shape index (κ1) is 19.0. The summed E-state index contributed by atoms with van der Waals surface area (Å²) in [5, 5.41) is 0. The maximum atomic E-state index is 11.9. The molecule has 6 heteroatoms. The molecule has 3 heterocycles. The number of methoxy groups -OCH3 is 1. The molecule has 0 aliphatic rings. The number of carbonyl (C=O) groups excluding carboxylic acids is 1. The molecule has 0 saturated carbocycles. The van der Waals surface area contributed by atoms with Crippen LogP contribution < -0.4 is 0 Å². The van der Waals surface area contributed by atoms with Crippen LogP contribution in [0, 0.1) is 0 Å². The van der Waals surface area contributed by atoms with E-state index in [4.69, 9.17) is 9.72 Å². The number of aromatic nitrogens is 3. The molecule has 29 heavy (non-hydrogen) atoms. The quantitative estimate of drug-likeness (QED) is 0.392. The third kappa shape index (κ3) is 4.22. The first-order chi connectivity index (χ1) is 14.1. The fourth-order valence-corrected chi connectivity index (χ4v) is 3.18. The van der Waals surface area contributed by atoms with Crippen LogP contribution in [0.1, 0.15) is 10.5 Å². The monoisotopic (exact) mass is 445 g/mol. The molecule has 0 aliphatic carbocycles. The average molecular weight is 446 g/mol. The van der Waals surface area contributed by atoms with E-state index >= 15 is 0 Å². The third-order valence-electron chi connectivity index (χ3n) is 4.34. The number of ether oxygens (including phenoxy) is 1. The van der Waals surface area contributed by atoms with E-state index in [1.807, 2.05) is 60.7 Å². The molecule has 5 nitrogen and oxygen atoms in total. The van der Waals surface area contributed by atoms with Gasteiger partial charge in [0, 0.05) is 10.7 Å². The molecule has 0 radical (unpaired) electrons. The standard InChI is InChI=1S/C23H16BrN3O2/c1-29-23(28)20-7-4-6-19(26-20)22-14-16(15-8-10-17(24)11-9-15)13-21(27-22)18-5-2-3-12-25-18/h2-14H,1H3. The minimum Gasteiger partial charge on any atom is -0.464 e. The van der Waals surface area contributed by atoms with Crippen molar-refractivity contribution in [1.82, 2.24) is 15.0 Å². The van der Waals surface area contributed by atoms with Crippen molar-refractivity contribution in [2.75, 3.05) is 7.11 Å². The molecule has 3 aromatic heterocycles. The van der Waals surface area contributed by atoms with Crippen LogP contribution in [0.2, 0.25) is 0 Å². The molecule has 4 aromatic rings. The Labute approximate surface area is 176 Å². The van der Waals surface area contributed by atoms with Gasteiger partial charge in [-0.25, -0.2) is 14.8 Å². The Hall–Kier alpha value is -3.38. The molecule has 1 aromatic carbocycles. The summed E-state index contributed by atoms with van der Waals surface area (Å²) in [6.07, 6.45) is 1.74. The van der Waals surface area contributed by atoms with Crippen LogP contribution in [-0.4, -0.2) is 28.0 Å². The van der Waals surface area contributed by atoms with Gasteiger partial charge in [0.25, 0.3) is 0 Å². The van der Waals surface area contributed by atoms with E-state index in [0.717, 1.165) is 27.0 Å². The maximum Gasteiger partial charge on any atom is 0.356 e. The third-order valence-corrected chi connectivity index (χ3v) is 4.86. The summed E-state index contributed by atoms with van der Waals surface area (Å²) in [6.45, 7) is 0. The average Bonchev–Trinajstić information content (AvgIpc) is 2.79. The van der Waals surface area contributed by atoms with Gasteiger partial charge in [0.05, 0.1) is 29.9 Å². The summed E-state index contributed by atoms with van der Waals surface area (Å²) in [6, 6.07) is 22.9. The summed E-state index contributed by atoms with van der Waals surface area (Å²) >= 11 is 3.47. The number of hydrogen-bond donors (Lipinski definition) is 0. The zero-order valence-electron chi connectivity index (χ0n) is 15.5. The van der Waals surface area contributed by atoms with Gasteiger partial charge in [-0.05, 0) is 59.7 Å². The Morgan fingerprint density at radius 3 is 2.21 bits per heavy atom. The summed E-state index contributed by atoms with van der Waals surface area (Å²) in [7, 11) is 1.34. The van der Waals surface area contributed by atoms with Crippen LogP contribution in [0.25, 0.3) is 33.9 Å². The lowest BCUT2D eigenvalue weighted by Gasteiger charge is -2.10. The topological polar surface area (TPSA) is 65.0 Å². The van der Waals surface area contributed by atoms with Crippen LogP contribution in [-0.2, 0) is 4.74 Å². The van der Waals surface area contributed by atoms with E-state index in [1.54, 1.807) is 18.3 Å². The van der Waals surface area contributed by atoms with Crippen molar-refractivity contribution in [2.45, 2.75) is 0 Å². The van der Waals surface area contributed by atoms with E-state index < -0.39 is 5.97 Å². The molecular formula is C23H16BrN3O2. The zero-order chi connectivity index (χ0) is 20.2. The van der Waals surface area contributed by atoms with Gasteiger partial charge in [0.2, 0.25) is 0 Å². The number of nitrogens with zero attached hydrogens (tertiary/aromatic N) is 3. The van der Waals surface area contributed by atoms with Crippen LogP contribution >= 0.6 is 15.9 Å². The lowest BCUT2D eigenvalue weighted by atomic mass is 10.0. The van der Waals surface area contributed by atoms with Gasteiger partial charge in [-0.2, -0.15) is 0 Å². The fraction of sp³-hybridized carbons (Fsp3) is 0.0435. The first-order valence-corrected chi connectivity index (χ1v) is 9.68. The number of hydrogen-bond acceptors (Lipinski definition) is 5. The molecule has 4 rings (SSSR count). The minimum absolute atomic E-state index is 0.236. The SMILES string of the molecule is COC(=O)c1cccc(-c2cc(-c3ccc(Br)cc3)cc(-c3ccccn3)n2)n1. The van der Waals surface area contributed by atoms with Crippen molar-refractivity contribution in [3.05, 3.63) is 89.2 Å². The largest absolute Gasteiger partial charge is 0.464 e. The van der Waals surface area contributed by atoms with Crippen LogP contribution in [0.4, 0.5) is 0 Å². The van der Waals surface area contributed by atoms with Gasteiger partial charge >= 0.3 is 5.97 Å². The summed E-state index contributed by atoms with van der Waals surface area (Å²) in [5.41, 5.74) is 4.98. The van der Waals surface area contributed by atoms with Crippen molar-refractivity contribution >= 4 is 21.9 Å². The number of esters is 1. The lowest BCUT2D eigenvalue weighted by molar-refractivity contribution is 0.0594. The van der Waals surface area contributed by atoms with Crippen molar-refractivity contribution in [2.24, 2.45) is 0 Å². The predicted molar refractivity (Wildman–Crippen MR) is 115 cm³/mol. The number of rotatable bonds is 4. The molecule has 0 saturated heterocycles. The van der Waals surface area contributed by atoms with Gasteiger partial charge in [0.15, 0.2) is 0 Å². The van der Waals surface area contributed by atoms with Crippen molar-refractivity contribution in [3.8, 4) is 33.9 Å². The van der Waals surface area contributed by atoms with Gasteiger partial charge in [0.1, 0.15) is 5.69 Å². The van der Waals surface area contributed by atoms with Gasteiger partial charge in [-0.3, -0.25) is 4.98 Å². The molecule has 142 valence electrons. The highest BCUT2D eigenvalue weighted by molar-refractivity contribution is 9.10. The molecule has 0 N–H and O–H groups in total.